The second-order valence-electron chi connectivity index (χ2n) is 6.51. The molecule has 1 heterocycles. The number of benzene rings is 1. The zero-order valence-corrected chi connectivity index (χ0v) is 14.9. The second kappa shape index (κ2) is 7.22. The quantitative estimate of drug-likeness (QED) is 0.738. The molecule has 1 aromatic rings. The molecule has 2 fully saturated rings. The first-order valence-electron chi connectivity index (χ1n) is 8.16. The third-order valence-electron chi connectivity index (χ3n) is 4.60. The number of carbonyl (C=O) groups is 3. The molecular weight excluding hydrogens is 367 g/mol. The number of aliphatic carboxylic acids is 1. The summed E-state index contributed by atoms with van der Waals surface area (Å²) in [5.41, 5.74) is 0.460. The number of halogens is 2. The summed E-state index contributed by atoms with van der Waals surface area (Å²) >= 11 is 12.1. The van der Waals surface area contributed by atoms with Gasteiger partial charge in [0.25, 0.3) is 0 Å². The average Bonchev–Trinajstić information content (AvgIpc) is 3.29. The van der Waals surface area contributed by atoms with E-state index in [9.17, 15) is 19.5 Å². The fourth-order valence-electron chi connectivity index (χ4n) is 3.04. The van der Waals surface area contributed by atoms with Crippen LogP contribution >= 0.6 is 23.2 Å². The fraction of sp³-hybridized carbons (Fsp3) is 0.471. The zero-order valence-electron chi connectivity index (χ0n) is 13.4. The van der Waals surface area contributed by atoms with Gasteiger partial charge in [-0.2, -0.15) is 0 Å². The van der Waals surface area contributed by atoms with Gasteiger partial charge in [-0.05, 0) is 37.0 Å². The highest BCUT2D eigenvalue weighted by Crippen LogP contribution is 2.35. The molecule has 1 aliphatic carbocycles. The van der Waals surface area contributed by atoms with E-state index in [0.29, 0.717) is 41.0 Å². The Morgan fingerprint density at radius 3 is 2.64 bits per heavy atom. The van der Waals surface area contributed by atoms with Crippen molar-refractivity contribution in [3.8, 4) is 0 Å². The van der Waals surface area contributed by atoms with Crippen LogP contribution in [-0.4, -0.2) is 35.5 Å². The lowest BCUT2D eigenvalue weighted by Crippen LogP contribution is -2.45. The van der Waals surface area contributed by atoms with Gasteiger partial charge >= 0.3 is 5.97 Å². The monoisotopic (exact) mass is 384 g/mol. The Kier molecular flexibility index (Phi) is 5.20. The lowest BCUT2D eigenvalue weighted by atomic mass is 10.1. The third-order valence-corrected chi connectivity index (χ3v) is 5.16. The molecule has 8 heteroatoms. The van der Waals surface area contributed by atoms with Crippen molar-refractivity contribution < 1.29 is 19.5 Å². The van der Waals surface area contributed by atoms with Crippen molar-refractivity contribution in [2.45, 2.75) is 31.7 Å². The molecule has 6 nitrogen and oxygen atoms in total. The van der Waals surface area contributed by atoms with Crippen LogP contribution in [0.2, 0.25) is 10.0 Å². The summed E-state index contributed by atoms with van der Waals surface area (Å²) in [4.78, 5) is 37.8. The molecule has 1 saturated carbocycles. The van der Waals surface area contributed by atoms with Crippen molar-refractivity contribution in [2.24, 2.45) is 11.8 Å². The lowest BCUT2D eigenvalue weighted by molar-refractivity contribution is -0.143. The maximum absolute atomic E-state index is 12.6. The smallest absolute Gasteiger partial charge is 0.326 e. The number of hydrogen-bond donors (Lipinski definition) is 2. The molecule has 3 rings (SSSR count). The van der Waals surface area contributed by atoms with Crippen molar-refractivity contribution in [3.05, 3.63) is 28.2 Å². The van der Waals surface area contributed by atoms with E-state index in [2.05, 4.69) is 5.32 Å². The van der Waals surface area contributed by atoms with E-state index in [4.69, 9.17) is 23.2 Å². The number of carboxylic acid groups (broad SMARTS) is 1. The number of rotatable bonds is 6. The Morgan fingerprint density at radius 1 is 1.28 bits per heavy atom. The predicted octanol–water partition coefficient (Wildman–Crippen LogP) is 2.72. The van der Waals surface area contributed by atoms with Gasteiger partial charge in [0, 0.05) is 11.6 Å². The maximum Gasteiger partial charge on any atom is 0.326 e. The van der Waals surface area contributed by atoms with E-state index in [1.54, 1.807) is 18.2 Å². The van der Waals surface area contributed by atoms with Gasteiger partial charge in [-0.25, -0.2) is 4.79 Å². The Hall–Kier alpha value is -1.79. The number of carboxylic acids is 1. The summed E-state index contributed by atoms with van der Waals surface area (Å²) in [5.74, 6) is -2.56. The van der Waals surface area contributed by atoms with Gasteiger partial charge in [0.1, 0.15) is 12.0 Å². The minimum atomic E-state index is -1.07. The van der Waals surface area contributed by atoms with Gasteiger partial charge in [0.05, 0.1) is 10.7 Å². The van der Waals surface area contributed by atoms with Crippen LogP contribution in [0.1, 0.15) is 25.7 Å². The first-order chi connectivity index (χ1) is 11.9. The SMILES string of the molecule is O=C(O)C(CC1CC1)NC(=O)C1CCN(c2cc(Cl)ccc2Cl)C1=O. The van der Waals surface area contributed by atoms with E-state index in [0.717, 1.165) is 12.8 Å². The van der Waals surface area contributed by atoms with E-state index < -0.39 is 29.7 Å². The van der Waals surface area contributed by atoms with Crippen molar-refractivity contribution in [1.29, 1.82) is 0 Å². The number of amides is 2. The number of carbonyl (C=O) groups excluding carboxylic acids is 2. The number of nitrogens with one attached hydrogen (secondary N) is 1. The molecule has 25 heavy (non-hydrogen) atoms. The molecule has 2 atom stereocenters. The van der Waals surface area contributed by atoms with Crippen LogP contribution in [0.5, 0.6) is 0 Å². The first kappa shape index (κ1) is 18.0. The molecule has 2 aliphatic rings. The van der Waals surface area contributed by atoms with Crippen LogP contribution in [0.3, 0.4) is 0 Å². The summed E-state index contributed by atoms with van der Waals surface area (Å²) in [7, 11) is 0. The Balaban J connectivity index is 1.69. The largest absolute Gasteiger partial charge is 0.480 e. The van der Waals surface area contributed by atoms with Gasteiger partial charge in [-0.1, -0.05) is 36.0 Å². The molecule has 0 aromatic heterocycles. The Bertz CT molecular complexity index is 721. The average molecular weight is 385 g/mol. The Labute approximate surface area is 155 Å². The van der Waals surface area contributed by atoms with Crippen LogP contribution in [0.25, 0.3) is 0 Å². The summed E-state index contributed by atoms with van der Waals surface area (Å²) < 4.78 is 0. The van der Waals surface area contributed by atoms with Crippen LogP contribution in [0, 0.1) is 11.8 Å². The fourth-order valence-corrected chi connectivity index (χ4v) is 3.42. The van der Waals surface area contributed by atoms with Crippen LogP contribution in [0.4, 0.5) is 5.69 Å². The normalized spacial score (nSPS) is 21.3. The number of hydrogen-bond acceptors (Lipinski definition) is 3. The molecule has 0 radical (unpaired) electrons. The van der Waals surface area contributed by atoms with Crippen LogP contribution in [-0.2, 0) is 14.4 Å². The summed E-state index contributed by atoms with van der Waals surface area (Å²) in [6.07, 6.45) is 2.70. The standard InChI is InChI=1S/C17H18Cl2N2O4/c18-10-3-4-12(19)14(8-10)21-6-5-11(16(21)23)15(22)20-13(17(24)25)7-9-1-2-9/h3-4,8-9,11,13H,1-2,5-7H2,(H,20,22)(H,24,25). The molecule has 134 valence electrons. The van der Waals surface area contributed by atoms with E-state index in [1.807, 2.05) is 0 Å². The Morgan fingerprint density at radius 2 is 2.00 bits per heavy atom. The number of nitrogens with zero attached hydrogens (tertiary/aromatic N) is 1. The summed E-state index contributed by atoms with van der Waals surface area (Å²) in [6.45, 7) is 0.331. The second-order valence-corrected chi connectivity index (χ2v) is 7.35. The molecular formula is C17H18Cl2N2O4. The molecule has 2 N–H and O–H groups in total. The minimum Gasteiger partial charge on any atom is -0.480 e. The predicted molar refractivity (Wildman–Crippen MR) is 93.8 cm³/mol. The van der Waals surface area contributed by atoms with Gasteiger partial charge in [-0.3, -0.25) is 9.59 Å². The molecule has 1 saturated heterocycles. The van der Waals surface area contributed by atoms with Gasteiger partial charge in [0.15, 0.2) is 0 Å². The van der Waals surface area contributed by atoms with Crippen LogP contribution < -0.4 is 10.2 Å². The van der Waals surface area contributed by atoms with Gasteiger partial charge in [-0.15, -0.1) is 0 Å². The van der Waals surface area contributed by atoms with Crippen molar-refractivity contribution in [3.63, 3.8) is 0 Å². The topological polar surface area (TPSA) is 86.7 Å². The van der Waals surface area contributed by atoms with Gasteiger partial charge < -0.3 is 15.3 Å². The highest BCUT2D eigenvalue weighted by molar-refractivity contribution is 6.36. The minimum absolute atomic E-state index is 0.309. The molecule has 0 bridgehead atoms. The van der Waals surface area contributed by atoms with Crippen molar-refractivity contribution in [2.75, 3.05) is 11.4 Å². The first-order valence-corrected chi connectivity index (χ1v) is 8.92. The molecule has 0 spiro atoms. The highest BCUT2D eigenvalue weighted by Gasteiger charge is 2.40. The third kappa shape index (κ3) is 4.07. The van der Waals surface area contributed by atoms with Crippen molar-refractivity contribution >= 4 is 46.7 Å². The van der Waals surface area contributed by atoms with Gasteiger partial charge in [0.2, 0.25) is 11.8 Å². The summed E-state index contributed by atoms with van der Waals surface area (Å²) in [5, 5.41) is 12.6. The number of anilines is 1. The zero-order chi connectivity index (χ0) is 18.1. The van der Waals surface area contributed by atoms with E-state index >= 15 is 0 Å². The van der Waals surface area contributed by atoms with E-state index in [-0.39, 0.29) is 0 Å². The van der Waals surface area contributed by atoms with Crippen LogP contribution in [0.15, 0.2) is 18.2 Å². The van der Waals surface area contributed by atoms with E-state index in [1.165, 1.54) is 4.90 Å². The van der Waals surface area contributed by atoms with Crippen molar-refractivity contribution in [1.82, 2.24) is 5.32 Å². The molecule has 2 amide bonds. The molecule has 1 aliphatic heterocycles. The maximum atomic E-state index is 12.6. The molecule has 2 unspecified atom stereocenters. The highest BCUT2D eigenvalue weighted by atomic mass is 35.5. The summed E-state index contributed by atoms with van der Waals surface area (Å²) in [6, 6.07) is 3.84. The lowest BCUT2D eigenvalue weighted by Gasteiger charge is -2.19. The molecule has 1 aromatic carbocycles.